The smallest absolute Gasteiger partial charge is 0.185 e. The molecule has 0 bridgehead atoms. The van der Waals surface area contributed by atoms with Gasteiger partial charge < -0.3 is 14.6 Å². The van der Waals surface area contributed by atoms with E-state index in [1.54, 1.807) is 10.7 Å². The molecule has 8 heteroatoms. The van der Waals surface area contributed by atoms with Crippen LogP contribution in [0.4, 0.5) is 5.82 Å². The standard InChI is InChI=1S/C21H23N7O/c1-26-13-11-22-21(26)19(29)16-8-5-12-27(14-16)18-10-9-17-23-24-20(28(17)25-18)15-6-3-2-4-7-15/h2-4,6-7,9-11,13,16,19,29H,5,8,12,14H2,1H3. The maximum absolute atomic E-state index is 10.9. The first-order valence-corrected chi connectivity index (χ1v) is 9.89. The summed E-state index contributed by atoms with van der Waals surface area (Å²) in [5, 5.41) is 24.2. The summed E-state index contributed by atoms with van der Waals surface area (Å²) in [6, 6.07) is 13.9. The predicted molar refractivity (Wildman–Crippen MR) is 109 cm³/mol. The van der Waals surface area contributed by atoms with Crippen molar-refractivity contribution in [2.75, 3.05) is 18.0 Å². The fourth-order valence-corrected chi connectivity index (χ4v) is 4.06. The lowest BCUT2D eigenvalue weighted by Crippen LogP contribution is -2.39. The molecule has 0 spiro atoms. The lowest BCUT2D eigenvalue weighted by atomic mass is 9.92. The van der Waals surface area contributed by atoms with E-state index in [9.17, 15) is 5.11 Å². The Kier molecular flexibility index (Phi) is 4.48. The maximum Gasteiger partial charge on any atom is 0.185 e. The van der Waals surface area contributed by atoms with Gasteiger partial charge in [0.05, 0.1) is 0 Å². The first-order chi connectivity index (χ1) is 14.2. The Bertz CT molecular complexity index is 1120. The molecule has 2 atom stereocenters. The molecule has 1 fully saturated rings. The number of nitrogens with zero attached hydrogens (tertiary/aromatic N) is 7. The van der Waals surface area contributed by atoms with Crippen molar-refractivity contribution in [3.8, 4) is 11.4 Å². The van der Waals surface area contributed by atoms with Crippen LogP contribution in [0.1, 0.15) is 24.8 Å². The molecule has 0 aliphatic carbocycles. The van der Waals surface area contributed by atoms with Crippen molar-refractivity contribution in [2.24, 2.45) is 13.0 Å². The van der Waals surface area contributed by atoms with Crippen LogP contribution in [0.5, 0.6) is 0 Å². The van der Waals surface area contributed by atoms with E-state index in [1.807, 2.05) is 60.3 Å². The van der Waals surface area contributed by atoms with E-state index in [1.165, 1.54) is 0 Å². The largest absolute Gasteiger partial charge is 0.385 e. The second-order valence-electron chi connectivity index (χ2n) is 7.54. The number of rotatable bonds is 4. The fourth-order valence-electron chi connectivity index (χ4n) is 4.06. The first-order valence-electron chi connectivity index (χ1n) is 9.89. The fraction of sp³-hybridized carbons (Fsp3) is 0.333. The molecule has 1 aromatic carbocycles. The molecule has 3 aromatic heterocycles. The summed E-state index contributed by atoms with van der Waals surface area (Å²) in [7, 11) is 1.92. The number of aromatic nitrogens is 6. The molecular weight excluding hydrogens is 366 g/mol. The van der Waals surface area contributed by atoms with Crippen LogP contribution in [0.15, 0.2) is 54.9 Å². The summed E-state index contributed by atoms with van der Waals surface area (Å²) in [6.07, 6.45) is 4.97. The predicted octanol–water partition coefficient (Wildman–Crippen LogP) is 2.47. The highest BCUT2D eigenvalue weighted by Gasteiger charge is 2.30. The highest BCUT2D eigenvalue weighted by atomic mass is 16.3. The van der Waals surface area contributed by atoms with Gasteiger partial charge in [0.25, 0.3) is 0 Å². The molecule has 0 amide bonds. The third-order valence-electron chi connectivity index (χ3n) is 5.63. The molecule has 5 rings (SSSR count). The number of benzene rings is 1. The van der Waals surface area contributed by atoms with Crippen molar-refractivity contribution < 1.29 is 5.11 Å². The van der Waals surface area contributed by atoms with Gasteiger partial charge in [0, 0.05) is 44.0 Å². The Balaban J connectivity index is 1.43. The van der Waals surface area contributed by atoms with Crippen molar-refractivity contribution in [1.29, 1.82) is 0 Å². The average molecular weight is 389 g/mol. The Labute approximate surface area is 168 Å². The van der Waals surface area contributed by atoms with Crippen LogP contribution < -0.4 is 4.90 Å². The van der Waals surface area contributed by atoms with Crippen LogP contribution in [0.25, 0.3) is 17.0 Å². The molecule has 4 aromatic rings. The van der Waals surface area contributed by atoms with Gasteiger partial charge in [-0.2, -0.15) is 4.52 Å². The molecule has 1 aliphatic heterocycles. The van der Waals surface area contributed by atoms with E-state index in [-0.39, 0.29) is 5.92 Å². The minimum atomic E-state index is -0.587. The van der Waals surface area contributed by atoms with E-state index in [4.69, 9.17) is 5.10 Å². The van der Waals surface area contributed by atoms with Crippen molar-refractivity contribution in [3.63, 3.8) is 0 Å². The highest BCUT2D eigenvalue weighted by molar-refractivity contribution is 5.59. The molecule has 1 N–H and O–H groups in total. The van der Waals surface area contributed by atoms with Gasteiger partial charge in [-0.1, -0.05) is 30.3 Å². The van der Waals surface area contributed by atoms with Gasteiger partial charge in [-0.05, 0) is 25.0 Å². The number of piperidine rings is 1. The summed E-state index contributed by atoms with van der Waals surface area (Å²) in [4.78, 5) is 6.56. The molecule has 148 valence electrons. The molecule has 4 heterocycles. The van der Waals surface area contributed by atoms with Crippen LogP contribution in [0.2, 0.25) is 0 Å². The van der Waals surface area contributed by atoms with Crippen LogP contribution in [-0.4, -0.2) is 47.6 Å². The summed E-state index contributed by atoms with van der Waals surface area (Å²) < 4.78 is 3.68. The van der Waals surface area contributed by atoms with Gasteiger partial charge in [0.15, 0.2) is 11.5 Å². The zero-order chi connectivity index (χ0) is 19.8. The SMILES string of the molecule is Cn1ccnc1C(O)C1CCCN(c2ccc3nnc(-c4ccccc4)n3n2)C1. The first kappa shape index (κ1) is 17.8. The van der Waals surface area contributed by atoms with Crippen molar-refractivity contribution >= 4 is 11.5 Å². The molecule has 8 nitrogen and oxygen atoms in total. The number of aryl methyl sites for hydroxylation is 1. The van der Waals surface area contributed by atoms with E-state index >= 15 is 0 Å². The Hall–Kier alpha value is -3.26. The van der Waals surface area contributed by atoms with Crippen LogP contribution >= 0.6 is 0 Å². The number of fused-ring (bicyclic) bond motifs is 1. The molecule has 1 saturated heterocycles. The van der Waals surface area contributed by atoms with Gasteiger partial charge in [-0.15, -0.1) is 15.3 Å². The molecule has 2 unspecified atom stereocenters. The monoisotopic (exact) mass is 389 g/mol. The van der Waals surface area contributed by atoms with Gasteiger partial charge >= 0.3 is 0 Å². The summed E-state index contributed by atoms with van der Waals surface area (Å²) in [5.41, 5.74) is 1.69. The molecule has 29 heavy (non-hydrogen) atoms. The minimum Gasteiger partial charge on any atom is -0.385 e. The Morgan fingerprint density at radius 3 is 2.76 bits per heavy atom. The maximum atomic E-state index is 10.9. The number of hydrogen-bond acceptors (Lipinski definition) is 6. The van der Waals surface area contributed by atoms with Crippen molar-refractivity contribution in [3.05, 3.63) is 60.7 Å². The summed E-state index contributed by atoms with van der Waals surface area (Å²) in [6.45, 7) is 1.64. The second kappa shape index (κ2) is 7.29. The molecule has 0 saturated carbocycles. The highest BCUT2D eigenvalue weighted by Crippen LogP contribution is 2.31. The van der Waals surface area contributed by atoms with Crippen molar-refractivity contribution in [1.82, 2.24) is 29.4 Å². The minimum absolute atomic E-state index is 0.108. The van der Waals surface area contributed by atoms with Gasteiger partial charge in [-0.25, -0.2) is 4.98 Å². The number of imidazole rings is 1. The lowest BCUT2D eigenvalue weighted by Gasteiger charge is -2.35. The average Bonchev–Trinajstić information content (AvgIpc) is 3.39. The van der Waals surface area contributed by atoms with Crippen LogP contribution in [0, 0.1) is 5.92 Å². The summed E-state index contributed by atoms with van der Waals surface area (Å²) in [5.74, 6) is 2.41. The summed E-state index contributed by atoms with van der Waals surface area (Å²) >= 11 is 0. The Morgan fingerprint density at radius 1 is 1.10 bits per heavy atom. The number of aliphatic hydroxyl groups excluding tert-OH is 1. The van der Waals surface area contributed by atoms with Gasteiger partial charge in [0.2, 0.25) is 0 Å². The van der Waals surface area contributed by atoms with E-state index in [0.717, 1.165) is 43.1 Å². The number of hydrogen-bond donors (Lipinski definition) is 1. The number of anilines is 1. The zero-order valence-electron chi connectivity index (χ0n) is 16.3. The molecule has 0 radical (unpaired) electrons. The molecule has 1 aliphatic rings. The Morgan fingerprint density at radius 2 is 1.97 bits per heavy atom. The second-order valence-corrected chi connectivity index (χ2v) is 7.54. The lowest BCUT2D eigenvalue weighted by molar-refractivity contribution is 0.0873. The third kappa shape index (κ3) is 3.25. The third-order valence-corrected chi connectivity index (χ3v) is 5.63. The van der Waals surface area contributed by atoms with Gasteiger partial charge in [0.1, 0.15) is 17.7 Å². The number of aliphatic hydroxyl groups is 1. The topological polar surface area (TPSA) is 84.4 Å². The van der Waals surface area contributed by atoms with Crippen LogP contribution in [-0.2, 0) is 7.05 Å². The normalized spacial score (nSPS) is 18.3. The van der Waals surface area contributed by atoms with E-state index < -0.39 is 6.10 Å². The van der Waals surface area contributed by atoms with Gasteiger partial charge in [-0.3, -0.25) is 0 Å². The van der Waals surface area contributed by atoms with Crippen LogP contribution in [0.3, 0.4) is 0 Å². The quantitative estimate of drug-likeness (QED) is 0.577. The van der Waals surface area contributed by atoms with E-state index in [0.29, 0.717) is 11.5 Å². The van der Waals surface area contributed by atoms with Crippen molar-refractivity contribution in [2.45, 2.75) is 18.9 Å². The zero-order valence-corrected chi connectivity index (χ0v) is 16.3. The molecular formula is C21H23N7O. The van der Waals surface area contributed by atoms with E-state index in [2.05, 4.69) is 20.1 Å².